The predicted molar refractivity (Wildman–Crippen MR) is 87.8 cm³/mol. The van der Waals surface area contributed by atoms with Crippen molar-refractivity contribution in [2.24, 2.45) is 0 Å². The third-order valence-corrected chi connectivity index (χ3v) is 4.77. The molecule has 1 aromatic carbocycles. The minimum atomic E-state index is -2.52. The van der Waals surface area contributed by atoms with Crippen LogP contribution in [0.15, 0.2) is 24.3 Å². The number of rotatable bonds is 4. The topological polar surface area (TPSA) is 68.2 Å². The fourth-order valence-electron chi connectivity index (χ4n) is 3.77. The Kier molecular flexibility index (Phi) is 4.39. The smallest absolute Gasteiger partial charge is 0.272 e. The van der Waals surface area contributed by atoms with Gasteiger partial charge in [0.15, 0.2) is 5.69 Å². The van der Waals surface area contributed by atoms with Gasteiger partial charge in [-0.25, -0.2) is 8.78 Å². The van der Waals surface area contributed by atoms with Crippen LogP contribution < -0.4 is 10.6 Å². The maximum Gasteiger partial charge on any atom is 0.272 e. The molecule has 2 bridgehead atoms. The van der Waals surface area contributed by atoms with Crippen LogP contribution >= 0.6 is 0 Å². The molecular formula is C17H20F2N4O2. The zero-order valence-electron chi connectivity index (χ0n) is 13.6. The van der Waals surface area contributed by atoms with E-state index in [-0.39, 0.29) is 29.7 Å². The van der Waals surface area contributed by atoms with E-state index in [1.54, 1.807) is 24.3 Å². The van der Waals surface area contributed by atoms with Crippen LogP contribution in [0.5, 0.6) is 0 Å². The Morgan fingerprint density at radius 3 is 2.76 bits per heavy atom. The number of nitrogens with zero attached hydrogens (tertiary/aromatic N) is 2. The highest BCUT2D eigenvalue weighted by Crippen LogP contribution is 2.22. The molecule has 2 aromatic rings. The summed E-state index contributed by atoms with van der Waals surface area (Å²) in [6, 6.07) is 7.49. The third kappa shape index (κ3) is 3.36. The number of ether oxygens (including phenoxy) is 1. The zero-order chi connectivity index (χ0) is 17.4. The minimum Gasteiger partial charge on any atom is -0.378 e. The molecule has 2 aliphatic rings. The molecule has 4 rings (SSSR count). The lowest BCUT2D eigenvalue weighted by Gasteiger charge is -2.40. The van der Waals surface area contributed by atoms with Crippen molar-refractivity contribution in [2.75, 3.05) is 13.2 Å². The highest BCUT2D eigenvalue weighted by molar-refractivity contribution is 6.05. The van der Waals surface area contributed by atoms with Gasteiger partial charge in [-0.2, -0.15) is 5.10 Å². The maximum absolute atomic E-state index is 12.8. The highest BCUT2D eigenvalue weighted by Gasteiger charge is 2.33. The molecule has 0 aliphatic carbocycles. The average Bonchev–Trinajstić information content (AvgIpc) is 2.93. The van der Waals surface area contributed by atoms with E-state index in [9.17, 15) is 13.6 Å². The highest BCUT2D eigenvalue weighted by atomic mass is 19.3. The summed E-state index contributed by atoms with van der Waals surface area (Å²) >= 11 is 0. The second kappa shape index (κ2) is 6.68. The molecule has 2 fully saturated rings. The van der Waals surface area contributed by atoms with Gasteiger partial charge < -0.3 is 15.4 Å². The number of para-hydroxylation sites is 1. The number of carbonyl (C=O) groups excluding carboxylic acids is 1. The summed E-state index contributed by atoms with van der Waals surface area (Å²) < 4.78 is 32.3. The van der Waals surface area contributed by atoms with Gasteiger partial charge in [-0.05, 0) is 18.9 Å². The van der Waals surface area contributed by atoms with Gasteiger partial charge in [0.2, 0.25) is 0 Å². The second-order valence-electron chi connectivity index (χ2n) is 6.68. The van der Waals surface area contributed by atoms with Crippen molar-refractivity contribution in [3.63, 3.8) is 0 Å². The molecule has 1 aromatic heterocycles. The van der Waals surface area contributed by atoms with E-state index in [2.05, 4.69) is 15.7 Å². The van der Waals surface area contributed by atoms with Crippen LogP contribution in [0.2, 0.25) is 0 Å². The number of morpholine rings is 1. The first kappa shape index (κ1) is 16.4. The largest absolute Gasteiger partial charge is 0.378 e. The lowest BCUT2D eigenvalue weighted by atomic mass is 9.92. The van der Waals surface area contributed by atoms with Gasteiger partial charge in [0.1, 0.15) is 6.54 Å². The summed E-state index contributed by atoms with van der Waals surface area (Å²) in [6.45, 7) is 0.770. The van der Waals surface area contributed by atoms with Gasteiger partial charge >= 0.3 is 0 Å². The van der Waals surface area contributed by atoms with Crippen LogP contribution in [0.3, 0.4) is 0 Å². The molecule has 1 amide bonds. The number of aromatic nitrogens is 2. The van der Waals surface area contributed by atoms with Gasteiger partial charge in [-0.1, -0.05) is 18.2 Å². The molecule has 2 saturated heterocycles. The van der Waals surface area contributed by atoms with Crippen LogP contribution in [0.1, 0.15) is 23.3 Å². The Bertz CT molecular complexity index is 767. The van der Waals surface area contributed by atoms with E-state index in [0.29, 0.717) is 24.1 Å². The van der Waals surface area contributed by atoms with Crippen molar-refractivity contribution in [3.05, 3.63) is 30.0 Å². The molecule has 3 atom stereocenters. The number of halogens is 2. The molecule has 1 unspecified atom stereocenters. The Labute approximate surface area is 143 Å². The van der Waals surface area contributed by atoms with Crippen molar-refractivity contribution in [1.82, 2.24) is 20.4 Å². The molecule has 0 spiro atoms. The summed E-state index contributed by atoms with van der Waals surface area (Å²) in [4.78, 5) is 12.7. The van der Waals surface area contributed by atoms with Crippen LogP contribution in [-0.2, 0) is 11.3 Å². The summed E-state index contributed by atoms with van der Waals surface area (Å²) in [5.74, 6) is -0.310. The lowest BCUT2D eigenvalue weighted by Crippen LogP contribution is -2.58. The predicted octanol–water partition coefficient (Wildman–Crippen LogP) is 1.55. The van der Waals surface area contributed by atoms with Gasteiger partial charge in [0.05, 0.1) is 18.7 Å². The molecule has 0 saturated carbocycles. The number of fused-ring (bicyclic) bond motifs is 3. The van der Waals surface area contributed by atoms with Crippen LogP contribution in [0, 0.1) is 0 Å². The molecule has 3 heterocycles. The monoisotopic (exact) mass is 350 g/mol. The molecular weight excluding hydrogens is 330 g/mol. The minimum absolute atomic E-state index is 0.0339. The Balaban J connectivity index is 1.55. The van der Waals surface area contributed by atoms with Crippen LogP contribution in [0.25, 0.3) is 10.9 Å². The van der Waals surface area contributed by atoms with Crippen molar-refractivity contribution in [1.29, 1.82) is 0 Å². The number of benzene rings is 1. The van der Waals surface area contributed by atoms with Crippen molar-refractivity contribution >= 4 is 16.8 Å². The van der Waals surface area contributed by atoms with E-state index in [1.165, 1.54) is 4.68 Å². The van der Waals surface area contributed by atoms with Gasteiger partial charge in [-0.3, -0.25) is 9.48 Å². The van der Waals surface area contributed by atoms with Gasteiger partial charge in [0.25, 0.3) is 12.3 Å². The van der Waals surface area contributed by atoms with E-state index in [1.807, 2.05) is 0 Å². The zero-order valence-corrected chi connectivity index (χ0v) is 13.6. The second-order valence-corrected chi connectivity index (χ2v) is 6.68. The fraction of sp³-hybridized carbons (Fsp3) is 0.529. The number of carbonyl (C=O) groups is 1. The number of alkyl halides is 2. The van der Waals surface area contributed by atoms with E-state index >= 15 is 0 Å². The van der Waals surface area contributed by atoms with E-state index in [0.717, 1.165) is 12.8 Å². The quantitative estimate of drug-likeness (QED) is 0.878. The molecule has 0 radical (unpaired) electrons. The molecule has 2 N–H and O–H groups in total. The number of nitrogens with one attached hydrogen (secondary N) is 2. The van der Waals surface area contributed by atoms with Crippen molar-refractivity contribution in [2.45, 2.75) is 43.9 Å². The van der Waals surface area contributed by atoms with E-state index in [4.69, 9.17) is 4.74 Å². The Morgan fingerprint density at radius 1 is 1.32 bits per heavy atom. The third-order valence-electron chi connectivity index (χ3n) is 4.77. The first-order valence-electron chi connectivity index (χ1n) is 8.48. The summed E-state index contributed by atoms with van der Waals surface area (Å²) in [6.07, 6.45) is -0.946. The summed E-state index contributed by atoms with van der Waals surface area (Å²) in [5, 5.41) is 11.2. The standard InChI is InChI=1S/C17H20F2N4O2/c18-15(19)7-23-14-4-2-1-3-13(14)16(22-23)17(24)21-10-5-11-8-25-9-12(6-10)20-11/h1-4,10-12,15,20H,5-9H2,(H,21,24)/t10?,11-,12+. The SMILES string of the molecule is O=C(NC1C[C@H]2COC[C@@H](C1)N2)c1nn(CC(F)F)c2ccccc12. The fourth-order valence-corrected chi connectivity index (χ4v) is 3.77. The molecule has 6 nitrogen and oxygen atoms in total. The number of hydrogen-bond donors (Lipinski definition) is 2. The number of piperidine rings is 1. The normalized spacial score (nSPS) is 26.1. The van der Waals surface area contributed by atoms with Crippen molar-refractivity contribution < 1.29 is 18.3 Å². The molecule has 25 heavy (non-hydrogen) atoms. The van der Waals surface area contributed by atoms with Crippen LogP contribution in [0.4, 0.5) is 8.78 Å². The maximum atomic E-state index is 12.8. The number of hydrogen-bond acceptors (Lipinski definition) is 4. The first-order chi connectivity index (χ1) is 12.1. The number of amides is 1. The first-order valence-corrected chi connectivity index (χ1v) is 8.48. The van der Waals surface area contributed by atoms with Gasteiger partial charge in [-0.15, -0.1) is 0 Å². The average molecular weight is 350 g/mol. The molecule has 134 valence electrons. The lowest BCUT2D eigenvalue weighted by molar-refractivity contribution is 0.0148. The summed E-state index contributed by atoms with van der Waals surface area (Å²) in [7, 11) is 0. The van der Waals surface area contributed by atoms with E-state index < -0.39 is 13.0 Å². The summed E-state index contributed by atoms with van der Waals surface area (Å²) in [5.41, 5.74) is 0.750. The molecule has 2 aliphatic heterocycles. The Morgan fingerprint density at radius 2 is 2.04 bits per heavy atom. The van der Waals surface area contributed by atoms with Crippen LogP contribution in [-0.4, -0.2) is 53.5 Å². The van der Waals surface area contributed by atoms with Crippen molar-refractivity contribution in [3.8, 4) is 0 Å². The van der Waals surface area contributed by atoms with Gasteiger partial charge in [0, 0.05) is 23.5 Å². The molecule has 8 heteroatoms. The Hall–Kier alpha value is -2.06.